The molecule has 58 valence electrons. The molecule has 4 nitrogen and oxygen atoms in total. The molecule has 1 aliphatic rings. The van der Waals surface area contributed by atoms with Crippen molar-refractivity contribution < 1.29 is 14.3 Å². The first-order chi connectivity index (χ1) is 4.57. The van der Waals surface area contributed by atoms with E-state index >= 15 is 0 Å². The monoisotopic (exact) mass is 148 g/mol. The third-order valence-corrected chi connectivity index (χ3v) is 1.58. The van der Waals surface area contributed by atoms with Gasteiger partial charge in [-0.3, -0.25) is 0 Å². The molecule has 0 bridgehead atoms. The SMILES string of the molecule is NCC1(F)CN(C(=O)O)C1. The van der Waals surface area contributed by atoms with Crippen molar-refractivity contribution in [2.45, 2.75) is 5.67 Å². The second-order valence-electron chi connectivity index (χ2n) is 2.49. The summed E-state index contributed by atoms with van der Waals surface area (Å²) in [6.45, 7) is -0.269. The fraction of sp³-hybridized carbons (Fsp3) is 0.800. The molecule has 3 N–H and O–H groups in total. The van der Waals surface area contributed by atoms with Gasteiger partial charge in [-0.15, -0.1) is 0 Å². The van der Waals surface area contributed by atoms with E-state index in [0.717, 1.165) is 4.90 Å². The summed E-state index contributed by atoms with van der Waals surface area (Å²) in [6, 6.07) is 0. The topological polar surface area (TPSA) is 66.6 Å². The number of halogens is 1. The van der Waals surface area contributed by atoms with Crippen LogP contribution in [0.25, 0.3) is 0 Å². The molecule has 10 heavy (non-hydrogen) atoms. The Morgan fingerprint density at radius 3 is 2.60 bits per heavy atom. The molecule has 0 spiro atoms. The zero-order chi connectivity index (χ0) is 7.78. The Hall–Kier alpha value is -0.840. The molecular formula is C5H9FN2O2. The van der Waals surface area contributed by atoms with Crippen LogP contribution in [0.3, 0.4) is 0 Å². The standard InChI is InChI=1S/C5H9FN2O2/c6-5(1-7)2-8(3-5)4(9)10/h1-3,7H2,(H,9,10). The van der Waals surface area contributed by atoms with Crippen LogP contribution < -0.4 is 5.73 Å². The van der Waals surface area contributed by atoms with Crippen LogP contribution in [0.5, 0.6) is 0 Å². The number of nitrogens with zero attached hydrogens (tertiary/aromatic N) is 1. The zero-order valence-electron chi connectivity index (χ0n) is 5.38. The van der Waals surface area contributed by atoms with E-state index < -0.39 is 11.8 Å². The van der Waals surface area contributed by atoms with Crippen LogP contribution >= 0.6 is 0 Å². The van der Waals surface area contributed by atoms with Gasteiger partial charge in [0.15, 0.2) is 5.67 Å². The molecule has 0 aromatic rings. The lowest BCUT2D eigenvalue weighted by Crippen LogP contribution is -2.63. The van der Waals surface area contributed by atoms with Crippen LogP contribution in [0.15, 0.2) is 0 Å². The van der Waals surface area contributed by atoms with E-state index in [4.69, 9.17) is 10.8 Å². The number of carbonyl (C=O) groups is 1. The first-order valence-electron chi connectivity index (χ1n) is 2.94. The Morgan fingerprint density at radius 1 is 1.80 bits per heavy atom. The first kappa shape index (κ1) is 7.27. The Kier molecular flexibility index (Phi) is 1.52. The molecule has 1 fully saturated rings. The molecule has 0 saturated carbocycles. The number of rotatable bonds is 1. The number of hydrogen-bond acceptors (Lipinski definition) is 2. The maximum atomic E-state index is 12.8. The van der Waals surface area contributed by atoms with Gasteiger partial charge in [0.05, 0.1) is 13.1 Å². The summed E-state index contributed by atoms with van der Waals surface area (Å²) >= 11 is 0. The highest BCUT2D eigenvalue weighted by molar-refractivity contribution is 5.66. The van der Waals surface area contributed by atoms with Crippen molar-refractivity contribution >= 4 is 6.09 Å². The van der Waals surface area contributed by atoms with E-state index in [-0.39, 0.29) is 19.6 Å². The fourth-order valence-corrected chi connectivity index (χ4v) is 0.902. The number of hydrogen-bond donors (Lipinski definition) is 2. The third-order valence-electron chi connectivity index (χ3n) is 1.58. The van der Waals surface area contributed by atoms with E-state index in [9.17, 15) is 9.18 Å². The molecule has 0 atom stereocenters. The summed E-state index contributed by atoms with van der Waals surface area (Å²) in [5.41, 5.74) is 3.58. The van der Waals surface area contributed by atoms with Crippen LogP contribution in [-0.4, -0.2) is 41.4 Å². The van der Waals surface area contributed by atoms with Gasteiger partial charge in [-0.05, 0) is 0 Å². The second kappa shape index (κ2) is 2.09. The van der Waals surface area contributed by atoms with Crippen molar-refractivity contribution in [1.29, 1.82) is 0 Å². The predicted molar refractivity (Wildman–Crippen MR) is 32.5 cm³/mol. The van der Waals surface area contributed by atoms with E-state index in [1.807, 2.05) is 0 Å². The van der Waals surface area contributed by atoms with E-state index in [2.05, 4.69) is 0 Å². The normalized spacial score (nSPS) is 22.0. The molecule has 5 heteroatoms. The molecular weight excluding hydrogens is 139 g/mol. The Morgan fingerprint density at radius 2 is 2.30 bits per heavy atom. The van der Waals surface area contributed by atoms with Crippen LogP contribution in [0.4, 0.5) is 9.18 Å². The van der Waals surface area contributed by atoms with Gasteiger partial charge in [-0.2, -0.15) is 0 Å². The number of alkyl halides is 1. The van der Waals surface area contributed by atoms with Gasteiger partial charge < -0.3 is 15.7 Å². The lowest BCUT2D eigenvalue weighted by atomic mass is 9.97. The highest BCUT2D eigenvalue weighted by Crippen LogP contribution is 2.23. The van der Waals surface area contributed by atoms with Gasteiger partial charge in [-0.1, -0.05) is 0 Å². The van der Waals surface area contributed by atoms with Crippen molar-refractivity contribution in [3.8, 4) is 0 Å². The average molecular weight is 148 g/mol. The molecule has 1 heterocycles. The average Bonchev–Trinajstić information content (AvgIpc) is 1.80. The minimum absolute atomic E-state index is 0.0845. The van der Waals surface area contributed by atoms with Gasteiger partial charge >= 0.3 is 6.09 Å². The largest absolute Gasteiger partial charge is 0.465 e. The predicted octanol–water partition coefficient (Wildman–Crippen LogP) is -0.353. The minimum atomic E-state index is -1.46. The first-order valence-corrected chi connectivity index (χ1v) is 2.94. The minimum Gasteiger partial charge on any atom is -0.465 e. The summed E-state index contributed by atoms with van der Waals surface area (Å²) < 4.78 is 12.8. The molecule has 1 aliphatic heterocycles. The maximum Gasteiger partial charge on any atom is 0.407 e. The quantitative estimate of drug-likeness (QED) is 0.534. The Balaban J connectivity index is 2.36. The lowest BCUT2D eigenvalue weighted by molar-refractivity contribution is -0.0132. The summed E-state index contributed by atoms with van der Waals surface area (Å²) in [5.74, 6) is 0. The maximum absolute atomic E-state index is 12.8. The molecule has 1 amide bonds. The molecule has 0 aliphatic carbocycles. The molecule has 0 unspecified atom stereocenters. The van der Waals surface area contributed by atoms with Gasteiger partial charge in [0.25, 0.3) is 0 Å². The van der Waals surface area contributed by atoms with Crippen molar-refractivity contribution in [2.75, 3.05) is 19.6 Å². The van der Waals surface area contributed by atoms with Gasteiger partial charge in [0, 0.05) is 6.54 Å². The van der Waals surface area contributed by atoms with E-state index in [1.165, 1.54) is 0 Å². The van der Waals surface area contributed by atoms with Gasteiger partial charge in [0.2, 0.25) is 0 Å². The molecule has 0 aromatic heterocycles. The number of amides is 1. The van der Waals surface area contributed by atoms with Crippen LogP contribution in [0.2, 0.25) is 0 Å². The zero-order valence-corrected chi connectivity index (χ0v) is 5.38. The second-order valence-corrected chi connectivity index (χ2v) is 2.49. The molecule has 1 saturated heterocycles. The number of nitrogens with two attached hydrogens (primary N) is 1. The number of carboxylic acid groups (broad SMARTS) is 1. The highest BCUT2D eigenvalue weighted by atomic mass is 19.1. The molecule has 0 aromatic carbocycles. The lowest BCUT2D eigenvalue weighted by Gasteiger charge is -2.41. The van der Waals surface area contributed by atoms with Gasteiger partial charge in [0.1, 0.15) is 0 Å². The smallest absolute Gasteiger partial charge is 0.407 e. The third kappa shape index (κ3) is 1.04. The fourth-order valence-electron chi connectivity index (χ4n) is 0.902. The Labute approximate surface area is 57.4 Å². The van der Waals surface area contributed by atoms with Crippen molar-refractivity contribution in [3.63, 3.8) is 0 Å². The number of likely N-dealkylation sites (tertiary alicyclic amines) is 1. The highest BCUT2D eigenvalue weighted by Gasteiger charge is 2.44. The molecule has 0 radical (unpaired) electrons. The van der Waals surface area contributed by atoms with Crippen LogP contribution in [-0.2, 0) is 0 Å². The summed E-state index contributed by atoms with van der Waals surface area (Å²) in [4.78, 5) is 11.1. The van der Waals surface area contributed by atoms with E-state index in [1.54, 1.807) is 0 Å². The summed E-state index contributed by atoms with van der Waals surface area (Å²) in [6.07, 6.45) is -1.08. The molecule has 1 rings (SSSR count). The van der Waals surface area contributed by atoms with Crippen molar-refractivity contribution in [1.82, 2.24) is 4.90 Å². The van der Waals surface area contributed by atoms with Crippen LogP contribution in [0, 0.1) is 0 Å². The van der Waals surface area contributed by atoms with Crippen LogP contribution in [0.1, 0.15) is 0 Å². The summed E-state index contributed by atoms with van der Waals surface area (Å²) in [5, 5.41) is 8.28. The van der Waals surface area contributed by atoms with Crippen molar-refractivity contribution in [3.05, 3.63) is 0 Å². The Bertz CT molecular complexity index is 156. The van der Waals surface area contributed by atoms with Crippen molar-refractivity contribution in [2.24, 2.45) is 5.73 Å². The van der Waals surface area contributed by atoms with E-state index in [0.29, 0.717) is 0 Å². The summed E-state index contributed by atoms with van der Waals surface area (Å²) in [7, 11) is 0. The van der Waals surface area contributed by atoms with Gasteiger partial charge in [-0.25, -0.2) is 9.18 Å².